The third kappa shape index (κ3) is 3.39. The summed E-state index contributed by atoms with van der Waals surface area (Å²) in [6.45, 7) is 16.1. The molecule has 0 unspecified atom stereocenters. The minimum absolute atomic E-state index is 0.585. The van der Waals surface area contributed by atoms with E-state index in [1.165, 1.54) is 0 Å². The van der Waals surface area contributed by atoms with Crippen LogP contribution in [0.4, 0.5) is 0 Å². The predicted molar refractivity (Wildman–Crippen MR) is 82.4 cm³/mol. The molecule has 1 aliphatic rings. The second-order valence-electron chi connectivity index (χ2n) is 6.55. The summed E-state index contributed by atoms with van der Waals surface area (Å²) in [5.41, 5.74) is 6.06. The van der Waals surface area contributed by atoms with E-state index < -0.39 is 8.07 Å². The van der Waals surface area contributed by atoms with Crippen LogP contribution in [0.15, 0.2) is 0 Å². The number of rotatable bonds is 3. The highest BCUT2D eigenvalue weighted by molar-refractivity contribution is 6.90. The minimum Gasteiger partial charge on any atom is -0.381 e. The molecule has 0 aliphatic carbocycles. The summed E-state index contributed by atoms with van der Waals surface area (Å²) in [6.07, 6.45) is 2.26. The molecule has 0 spiro atoms. The standard InChI is InChI=1S/C16H30OSi/c1-13(2)18(14(3)4,15(5)6)12-9-16-7-10-17-11-8-16/h13-16H,7-8,10-11H2,1-6H3. The van der Waals surface area contributed by atoms with Crippen molar-refractivity contribution in [2.75, 3.05) is 13.2 Å². The first-order valence-corrected chi connectivity index (χ1v) is 9.74. The van der Waals surface area contributed by atoms with Crippen LogP contribution >= 0.6 is 0 Å². The molecule has 0 amide bonds. The molecule has 0 aromatic carbocycles. The average Bonchev–Trinajstić information content (AvgIpc) is 2.29. The topological polar surface area (TPSA) is 9.23 Å². The van der Waals surface area contributed by atoms with Crippen LogP contribution in [0, 0.1) is 17.4 Å². The summed E-state index contributed by atoms with van der Waals surface area (Å²) in [4.78, 5) is 0. The number of hydrogen-bond donors (Lipinski definition) is 0. The Hall–Kier alpha value is -0.263. The van der Waals surface area contributed by atoms with Gasteiger partial charge in [-0.1, -0.05) is 41.5 Å². The third-order valence-electron chi connectivity index (χ3n) is 4.58. The number of hydrogen-bond acceptors (Lipinski definition) is 1. The largest absolute Gasteiger partial charge is 0.381 e. The van der Waals surface area contributed by atoms with E-state index in [1.807, 2.05) is 0 Å². The molecule has 1 fully saturated rings. The first kappa shape index (κ1) is 15.8. The van der Waals surface area contributed by atoms with E-state index in [2.05, 4.69) is 53.0 Å². The first-order valence-electron chi connectivity index (χ1n) is 7.51. The Morgan fingerprint density at radius 1 is 0.889 bits per heavy atom. The zero-order chi connectivity index (χ0) is 13.8. The van der Waals surface area contributed by atoms with E-state index in [0.717, 1.165) is 42.7 Å². The van der Waals surface area contributed by atoms with E-state index in [0.29, 0.717) is 5.92 Å². The lowest BCUT2D eigenvalue weighted by molar-refractivity contribution is 0.0807. The van der Waals surface area contributed by atoms with Crippen molar-refractivity contribution in [1.82, 2.24) is 0 Å². The van der Waals surface area contributed by atoms with Gasteiger partial charge in [-0.25, -0.2) is 0 Å². The van der Waals surface area contributed by atoms with Gasteiger partial charge in [-0.15, -0.1) is 11.5 Å². The molecule has 104 valence electrons. The van der Waals surface area contributed by atoms with Crippen LogP contribution < -0.4 is 0 Å². The molecule has 1 rings (SSSR count). The molecular weight excluding hydrogens is 236 g/mol. The highest BCUT2D eigenvalue weighted by Crippen LogP contribution is 2.40. The molecule has 0 aromatic heterocycles. The fourth-order valence-corrected chi connectivity index (χ4v) is 8.82. The van der Waals surface area contributed by atoms with Crippen LogP contribution in [0.2, 0.25) is 16.6 Å². The van der Waals surface area contributed by atoms with Gasteiger partial charge in [0.2, 0.25) is 0 Å². The van der Waals surface area contributed by atoms with Crippen molar-refractivity contribution in [3.05, 3.63) is 0 Å². The SMILES string of the molecule is CC(C)[Si](C#CC1CCOCC1)(C(C)C)C(C)C. The van der Waals surface area contributed by atoms with Crippen LogP contribution in [0.5, 0.6) is 0 Å². The zero-order valence-corrected chi connectivity index (χ0v) is 14.0. The molecule has 0 N–H and O–H groups in total. The summed E-state index contributed by atoms with van der Waals surface area (Å²) in [6, 6.07) is 0. The van der Waals surface area contributed by atoms with Crippen molar-refractivity contribution in [2.45, 2.75) is 71.0 Å². The molecule has 0 bridgehead atoms. The van der Waals surface area contributed by atoms with E-state index >= 15 is 0 Å². The Balaban J connectivity index is 2.93. The van der Waals surface area contributed by atoms with Crippen molar-refractivity contribution in [1.29, 1.82) is 0 Å². The molecule has 18 heavy (non-hydrogen) atoms. The summed E-state index contributed by atoms with van der Waals surface area (Å²) in [5, 5.41) is 0. The molecule has 0 atom stereocenters. The second-order valence-corrected chi connectivity index (χ2v) is 12.1. The van der Waals surface area contributed by atoms with Crippen molar-refractivity contribution < 1.29 is 4.74 Å². The summed E-state index contributed by atoms with van der Waals surface area (Å²) >= 11 is 0. The van der Waals surface area contributed by atoms with Gasteiger partial charge in [0.05, 0.1) is 0 Å². The highest BCUT2D eigenvalue weighted by atomic mass is 28.3. The van der Waals surface area contributed by atoms with Gasteiger partial charge in [-0.05, 0) is 29.5 Å². The lowest BCUT2D eigenvalue weighted by atomic mass is 10.0. The summed E-state index contributed by atoms with van der Waals surface area (Å²) in [5.74, 6) is 4.22. The van der Waals surface area contributed by atoms with Crippen molar-refractivity contribution in [2.24, 2.45) is 5.92 Å². The molecule has 2 heteroatoms. The zero-order valence-electron chi connectivity index (χ0n) is 13.0. The fourth-order valence-electron chi connectivity index (χ4n) is 3.50. The smallest absolute Gasteiger partial charge is 0.145 e. The van der Waals surface area contributed by atoms with E-state index in [-0.39, 0.29) is 0 Å². The molecule has 0 radical (unpaired) electrons. The molecule has 1 nitrogen and oxygen atoms in total. The number of ether oxygens (including phenoxy) is 1. The van der Waals surface area contributed by atoms with E-state index in [1.54, 1.807) is 0 Å². The van der Waals surface area contributed by atoms with Crippen molar-refractivity contribution >= 4 is 8.07 Å². The van der Waals surface area contributed by atoms with Gasteiger partial charge in [-0.3, -0.25) is 0 Å². The minimum atomic E-state index is -1.51. The van der Waals surface area contributed by atoms with Crippen molar-refractivity contribution in [3.8, 4) is 11.5 Å². The van der Waals surface area contributed by atoms with Gasteiger partial charge in [0.15, 0.2) is 0 Å². The second kappa shape index (κ2) is 6.77. The summed E-state index contributed by atoms with van der Waals surface area (Å²) < 4.78 is 5.42. The summed E-state index contributed by atoms with van der Waals surface area (Å²) in [7, 11) is -1.51. The van der Waals surface area contributed by atoms with Gasteiger partial charge in [0, 0.05) is 19.1 Å². The van der Waals surface area contributed by atoms with Gasteiger partial charge >= 0.3 is 0 Å². The lowest BCUT2D eigenvalue weighted by Gasteiger charge is -2.38. The lowest BCUT2D eigenvalue weighted by Crippen LogP contribution is -2.43. The third-order valence-corrected chi connectivity index (χ3v) is 10.9. The predicted octanol–water partition coefficient (Wildman–Crippen LogP) is 4.63. The Kier molecular flexibility index (Phi) is 5.94. The van der Waals surface area contributed by atoms with Gasteiger partial charge < -0.3 is 4.74 Å². The van der Waals surface area contributed by atoms with Gasteiger partial charge in [-0.2, -0.15) is 0 Å². The normalized spacial score (nSPS) is 18.3. The van der Waals surface area contributed by atoms with Gasteiger partial charge in [0.1, 0.15) is 8.07 Å². The Labute approximate surface area is 115 Å². The highest BCUT2D eigenvalue weighted by Gasteiger charge is 2.41. The van der Waals surface area contributed by atoms with Gasteiger partial charge in [0.25, 0.3) is 0 Å². The average molecular weight is 267 g/mol. The van der Waals surface area contributed by atoms with Crippen LogP contribution in [0.1, 0.15) is 54.4 Å². The van der Waals surface area contributed by atoms with Crippen LogP contribution in [-0.2, 0) is 4.74 Å². The molecule has 1 saturated heterocycles. The molecule has 1 heterocycles. The maximum absolute atomic E-state index is 5.42. The fraction of sp³-hybridized carbons (Fsp3) is 0.875. The quantitative estimate of drug-likeness (QED) is 0.534. The molecular formula is C16H30OSi. The van der Waals surface area contributed by atoms with E-state index in [4.69, 9.17) is 4.74 Å². The Morgan fingerprint density at radius 3 is 1.72 bits per heavy atom. The first-order chi connectivity index (χ1) is 8.41. The van der Waals surface area contributed by atoms with Crippen LogP contribution in [-0.4, -0.2) is 21.3 Å². The van der Waals surface area contributed by atoms with Crippen LogP contribution in [0.3, 0.4) is 0 Å². The Bertz CT molecular complexity index is 281. The maximum Gasteiger partial charge on any atom is 0.145 e. The maximum atomic E-state index is 5.42. The van der Waals surface area contributed by atoms with E-state index in [9.17, 15) is 0 Å². The molecule has 0 aromatic rings. The molecule has 1 aliphatic heterocycles. The Morgan fingerprint density at radius 2 is 1.33 bits per heavy atom. The van der Waals surface area contributed by atoms with Crippen molar-refractivity contribution in [3.63, 3.8) is 0 Å². The van der Waals surface area contributed by atoms with Crippen LogP contribution in [0.25, 0.3) is 0 Å². The molecule has 0 saturated carbocycles. The monoisotopic (exact) mass is 266 g/mol.